The second kappa shape index (κ2) is 6.95. The van der Waals surface area contributed by atoms with Crippen molar-refractivity contribution in [2.45, 2.75) is 0 Å². The number of ether oxygens (including phenoxy) is 4. The number of methoxy groups -OCH3 is 2. The number of rotatable bonds is 6. The van der Waals surface area contributed by atoms with Crippen molar-refractivity contribution < 1.29 is 36.9 Å². The summed E-state index contributed by atoms with van der Waals surface area (Å²) in [6.07, 6.45) is 0. The number of esters is 1. The third-order valence-corrected chi connectivity index (χ3v) is 1.97. The molecular formula is C11H11F3O5. The summed E-state index contributed by atoms with van der Waals surface area (Å²) in [5.41, 5.74) is -0.892. The van der Waals surface area contributed by atoms with Crippen LogP contribution in [0.1, 0.15) is 10.4 Å². The van der Waals surface area contributed by atoms with Crippen molar-refractivity contribution in [2.24, 2.45) is 0 Å². The summed E-state index contributed by atoms with van der Waals surface area (Å²) in [5, 5.41) is 0. The number of halogens is 3. The van der Waals surface area contributed by atoms with Crippen molar-refractivity contribution >= 4 is 5.97 Å². The maximum atomic E-state index is 13.5. The predicted octanol–water partition coefficient (Wildman–Crippen LogP) is 1.85. The highest BCUT2D eigenvalue weighted by molar-refractivity contribution is 5.90. The zero-order valence-electron chi connectivity index (χ0n) is 10.2. The molecule has 1 aromatic rings. The van der Waals surface area contributed by atoms with Crippen molar-refractivity contribution in [1.82, 2.24) is 0 Å². The van der Waals surface area contributed by atoms with E-state index in [9.17, 15) is 18.0 Å². The topological polar surface area (TPSA) is 54.0 Å². The van der Waals surface area contributed by atoms with E-state index in [1.807, 2.05) is 0 Å². The molecule has 0 N–H and O–H groups in total. The Morgan fingerprint density at radius 1 is 1.11 bits per heavy atom. The van der Waals surface area contributed by atoms with Gasteiger partial charge in [0.2, 0.25) is 5.82 Å². The van der Waals surface area contributed by atoms with Crippen LogP contribution in [-0.4, -0.2) is 33.8 Å². The van der Waals surface area contributed by atoms with Gasteiger partial charge in [0.25, 0.3) is 0 Å². The number of hydrogen-bond donors (Lipinski definition) is 0. The molecule has 0 saturated carbocycles. The fourth-order valence-electron chi connectivity index (χ4n) is 1.17. The quantitative estimate of drug-likeness (QED) is 0.452. The standard InChI is InChI=1S/C11H11F3O5/c1-16-4-18-10-7(12)3-6(8(13)9(10)14)11(15)19-5-17-2/h3H,4-5H2,1-2H3. The number of hydrogen-bond acceptors (Lipinski definition) is 5. The van der Waals surface area contributed by atoms with Crippen molar-refractivity contribution in [3.63, 3.8) is 0 Å². The van der Waals surface area contributed by atoms with Crippen LogP contribution < -0.4 is 4.74 Å². The maximum absolute atomic E-state index is 13.5. The molecule has 0 amide bonds. The van der Waals surface area contributed by atoms with Gasteiger partial charge in [-0.15, -0.1) is 0 Å². The molecule has 0 aromatic heterocycles. The van der Waals surface area contributed by atoms with Gasteiger partial charge in [-0.05, 0) is 6.07 Å². The van der Waals surface area contributed by atoms with E-state index in [1.165, 1.54) is 14.2 Å². The molecule has 0 bridgehead atoms. The molecule has 0 fully saturated rings. The van der Waals surface area contributed by atoms with Gasteiger partial charge in [0.05, 0.1) is 0 Å². The van der Waals surface area contributed by atoms with Crippen molar-refractivity contribution in [3.05, 3.63) is 29.1 Å². The number of benzene rings is 1. The third-order valence-electron chi connectivity index (χ3n) is 1.97. The van der Waals surface area contributed by atoms with Crippen molar-refractivity contribution in [2.75, 3.05) is 27.8 Å². The lowest BCUT2D eigenvalue weighted by molar-refractivity contribution is -0.0130. The first-order valence-corrected chi connectivity index (χ1v) is 4.98. The zero-order valence-corrected chi connectivity index (χ0v) is 10.2. The minimum absolute atomic E-state index is 0.469. The Hall–Kier alpha value is -1.80. The highest BCUT2D eigenvalue weighted by Gasteiger charge is 2.24. The molecule has 0 spiro atoms. The van der Waals surface area contributed by atoms with Crippen molar-refractivity contribution in [1.29, 1.82) is 0 Å². The molecule has 0 aliphatic rings. The van der Waals surface area contributed by atoms with Crippen LogP contribution in [0.5, 0.6) is 5.75 Å². The van der Waals surface area contributed by atoms with Crippen LogP contribution >= 0.6 is 0 Å². The molecule has 8 heteroatoms. The Morgan fingerprint density at radius 2 is 1.74 bits per heavy atom. The van der Waals surface area contributed by atoms with Gasteiger partial charge in [-0.3, -0.25) is 0 Å². The lowest BCUT2D eigenvalue weighted by atomic mass is 10.2. The lowest BCUT2D eigenvalue weighted by Crippen LogP contribution is -2.13. The van der Waals surface area contributed by atoms with E-state index in [0.717, 1.165) is 0 Å². The van der Waals surface area contributed by atoms with Gasteiger partial charge in [-0.1, -0.05) is 0 Å². The van der Waals surface area contributed by atoms with Gasteiger partial charge in [0.1, 0.15) is 5.56 Å². The highest BCUT2D eigenvalue weighted by Crippen LogP contribution is 2.27. The molecule has 1 rings (SSSR count). The van der Waals surface area contributed by atoms with Gasteiger partial charge in [-0.25, -0.2) is 13.6 Å². The van der Waals surface area contributed by atoms with Gasteiger partial charge in [-0.2, -0.15) is 4.39 Å². The Morgan fingerprint density at radius 3 is 2.32 bits per heavy atom. The minimum atomic E-state index is -1.64. The number of carbonyl (C=O) groups excluding carboxylic acids is 1. The molecule has 0 aliphatic carbocycles. The first-order chi connectivity index (χ1) is 9.02. The molecule has 0 saturated heterocycles. The van der Waals surface area contributed by atoms with E-state index in [1.54, 1.807) is 0 Å². The van der Waals surface area contributed by atoms with E-state index in [-0.39, 0.29) is 0 Å². The van der Waals surface area contributed by atoms with E-state index in [2.05, 4.69) is 18.9 Å². The largest absolute Gasteiger partial charge is 0.461 e. The van der Waals surface area contributed by atoms with Gasteiger partial charge >= 0.3 is 5.97 Å². The Kier molecular flexibility index (Phi) is 5.58. The Balaban J connectivity index is 3.06. The van der Waals surface area contributed by atoms with E-state index in [4.69, 9.17) is 0 Å². The maximum Gasteiger partial charge on any atom is 0.343 e. The van der Waals surface area contributed by atoms with Crippen LogP contribution in [0.3, 0.4) is 0 Å². The summed E-state index contributed by atoms with van der Waals surface area (Å²) in [6, 6.07) is 0.474. The predicted molar refractivity (Wildman–Crippen MR) is 56.1 cm³/mol. The van der Waals surface area contributed by atoms with E-state index in [0.29, 0.717) is 6.07 Å². The second-order valence-electron chi connectivity index (χ2n) is 3.25. The average molecular weight is 280 g/mol. The normalized spacial score (nSPS) is 10.4. The lowest BCUT2D eigenvalue weighted by Gasteiger charge is -2.10. The molecule has 106 valence electrons. The fourth-order valence-corrected chi connectivity index (χ4v) is 1.17. The first kappa shape index (κ1) is 15.3. The van der Waals surface area contributed by atoms with Crippen LogP contribution in [0.25, 0.3) is 0 Å². The molecule has 0 aliphatic heterocycles. The van der Waals surface area contributed by atoms with Gasteiger partial charge in [0, 0.05) is 14.2 Å². The molecule has 5 nitrogen and oxygen atoms in total. The average Bonchev–Trinajstić information content (AvgIpc) is 2.40. The van der Waals surface area contributed by atoms with Gasteiger partial charge in [0.15, 0.2) is 31.0 Å². The summed E-state index contributed by atoms with van der Waals surface area (Å²) in [4.78, 5) is 11.3. The van der Waals surface area contributed by atoms with Crippen LogP contribution in [0.4, 0.5) is 13.2 Å². The Bertz CT molecular complexity index is 464. The second-order valence-corrected chi connectivity index (χ2v) is 3.25. The fraction of sp³-hybridized carbons (Fsp3) is 0.364. The highest BCUT2D eigenvalue weighted by atomic mass is 19.2. The summed E-state index contributed by atoms with van der Waals surface area (Å²) in [5.74, 6) is -6.69. The molecule has 0 atom stereocenters. The summed E-state index contributed by atoms with van der Waals surface area (Å²) >= 11 is 0. The minimum Gasteiger partial charge on any atom is -0.461 e. The SMILES string of the molecule is COCOC(=O)c1cc(F)c(OCOC)c(F)c1F. The third kappa shape index (κ3) is 3.58. The van der Waals surface area contributed by atoms with Crippen molar-refractivity contribution in [3.8, 4) is 5.75 Å². The molecular weight excluding hydrogens is 269 g/mol. The van der Waals surface area contributed by atoms with Gasteiger partial charge < -0.3 is 18.9 Å². The summed E-state index contributed by atoms with van der Waals surface area (Å²) in [7, 11) is 2.45. The molecule has 0 unspecified atom stereocenters. The molecule has 1 aromatic carbocycles. The molecule has 0 heterocycles. The van der Waals surface area contributed by atoms with E-state index < -0.39 is 48.3 Å². The van der Waals surface area contributed by atoms with E-state index >= 15 is 0 Å². The zero-order chi connectivity index (χ0) is 14.4. The first-order valence-electron chi connectivity index (χ1n) is 4.98. The summed E-state index contributed by atoms with van der Waals surface area (Å²) < 4.78 is 58.3. The van der Waals surface area contributed by atoms with Crippen LogP contribution in [-0.2, 0) is 14.2 Å². The van der Waals surface area contributed by atoms with Crippen LogP contribution in [0, 0.1) is 17.5 Å². The summed E-state index contributed by atoms with van der Waals surface area (Å²) in [6.45, 7) is -0.940. The monoisotopic (exact) mass is 280 g/mol. The van der Waals surface area contributed by atoms with Crippen LogP contribution in [0.15, 0.2) is 6.07 Å². The Labute approximate surface area is 106 Å². The van der Waals surface area contributed by atoms with Crippen LogP contribution in [0.2, 0.25) is 0 Å². The number of carbonyl (C=O) groups is 1. The molecule has 19 heavy (non-hydrogen) atoms. The smallest absolute Gasteiger partial charge is 0.343 e. The molecule has 0 radical (unpaired) electrons.